The van der Waals surface area contributed by atoms with Crippen LogP contribution in [0.3, 0.4) is 0 Å². The number of ether oxygens (including phenoxy) is 2. The highest BCUT2D eigenvalue weighted by Gasteiger charge is 2.19. The molecule has 1 aromatic carbocycles. The van der Waals surface area contributed by atoms with E-state index in [1.807, 2.05) is 6.92 Å². The minimum atomic E-state index is -3.46. The van der Waals surface area contributed by atoms with E-state index in [-0.39, 0.29) is 5.75 Å². The molecule has 1 rings (SSSR count). The molecular formula is C19H30N2O6S. The molecule has 0 fully saturated rings. The highest BCUT2D eigenvalue weighted by Crippen LogP contribution is 2.28. The minimum Gasteiger partial charge on any atom is -0.495 e. The molecule has 1 aromatic rings. The summed E-state index contributed by atoms with van der Waals surface area (Å²) in [5.41, 5.74) is -0.0455. The van der Waals surface area contributed by atoms with Gasteiger partial charge in [-0.3, -0.25) is 10.1 Å². The first-order valence-electron chi connectivity index (χ1n) is 9.14. The van der Waals surface area contributed by atoms with Crippen LogP contribution >= 0.6 is 0 Å². The van der Waals surface area contributed by atoms with Crippen LogP contribution in [0.15, 0.2) is 18.2 Å². The van der Waals surface area contributed by atoms with Gasteiger partial charge in [0.2, 0.25) is 5.91 Å². The second-order valence-electron chi connectivity index (χ2n) is 7.39. The molecule has 0 aromatic heterocycles. The summed E-state index contributed by atoms with van der Waals surface area (Å²) in [6.07, 6.45) is 1.58. The van der Waals surface area contributed by atoms with Gasteiger partial charge in [-0.25, -0.2) is 13.2 Å². The Bertz CT molecular complexity index is 784. The number of anilines is 2. The third-order valence-corrected chi connectivity index (χ3v) is 5.14. The van der Waals surface area contributed by atoms with Crippen LogP contribution in [-0.4, -0.2) is 44.6 Å². The van der Waals surface area contributed by atoms with Gasteiger partial charge in [0.25, 0.3) is 0 Å². The van der Waals surface area contributed by atoms with Gasteiger partial charge < -0.3 is 14.8 Å². The van der Waals surface area contributed by atoms with Gasteiger partial charge in [-0.2, -0.15) is 0 Å². The van der Waals surface area contributed by atoms with E-state index >= 15 is 0 Å². The van der Waals surface area contributed by atoms with E-state index in [9.17, 15) is 18.0 Å². The first-order chi connectivity index (χ1) is 13.0. The summed E-state index contributed by atoms with van der Waals surface area (Å²) in [5, 5.41) is 5.09. The maximum atomic E-state index is 12.1. The van der Waals surface area contributed by atoms with Crippen molar-refractivity contribution in [1.82, 2.24) is 0 Å². The Labute approximate surface area is 166 Å². The van der Waals surface area contributed by atoms with E-state index in [1.54, 1.807) is 32.9 Å². The Morgan fingerprint density at radius 1 is 1.11 bits per heavy atom. The van der Waals surface area contributed by atoms with Crippen molar-refractivity contribution in [2.75, 3.05) is 29.2 Å². The van der Waals surface area contributed by atoms with Gasteiger partial charge >= 0.3 is 6.09 Å². The molecule has 0 unspecified atom stereocenters. The molecule has 0 aliphatic carbocycles. The molecule has 2 amide bonds. The van der Waals surface area contributed by atoms with Crippen molar-refractivity contribution in [2.45, 2.75) is 52.6 Å². The maximum absolute atomic E-state index is 12.1. The fourth-order valence-corrected chi connectivity index (χ4v) is 3.60. The van der Waals surface area contributed by atoms with Crippen molar-refractivity contribution in [3.63, 3.8) is 0 Å². The number of hydrogen-bond donors (Lipinski definition) is 2. The number of amides is 2. The lowest BCUT2D eigenvalue weighted by molar-refractivity contribution is -0.113. The van der Waals surface area contributed by atoms with Crippen molar-refractivity contribution in [3.05, 3.63) is 18.2 Å². The molecule has 0 aliphatic heterocycles. The predicted molar refractivity (Wildman–Crippen MR) is 110 cm³/mol. The average molecular weight is 415 g/mol. The van der Waals surface area contributed by atoms with Gasteiger partial charge in [0, 0.05) is 5.69 Å². The summed E-state index contributed by atoms with van der Waals surface area (Å²) in [5.74, 6) is -0.860. The number of carbonyl (C=O) groups is 2. The van der Waals surface area contributed by atoms with E-state index < -0.39 is 33.2 Å². The van der Waals surface area contributed by atoms with Gasteiger partial charge in [0.05, 0.1) is 18.6 Å². The Morgan fingerprint density at radius 2 is 1.79 bits per heavy atom. The lowest BCUT2D eigenvalue weighted by Gasteiger charge is -2.20. The number of methoxy groups -OCH3 is 1. The van der Waals surface area contributed by atoms with E-state index in [0.717, 1.165) is 12.8 Å². The zero-order chi connectivity index (χ0) is 21.4. The summed E-state index contributed by atoms with van der Waals surface area (Å²) < 4.78 is 34.4. The van der Waals surface area contributed by atoms with Crippen LogP contribution in [-0.2, 0) is 19.4 Å². The quantitative estimate of drug-likeness (QED) is 0.598. The molecule has 158 valence electrons. The smallest absolute Gasteiger partial charge is 0.412 e. The molecule has 8 nitrogen and oxygen atoms in total. The fourth-order valence-electron chi connectivity index (χ4n) is 2.34. The standard InChI is InChI=1S/C19H30N2O6S/c1-6-7-8-11-28(24,25)13-17(22)20-14-9-10-16(26-5)15(12-14)21-18(23)27-19(2,3)4/h9-10,12H,6-8,11,13H2,1-5H3,(H,20,22)(H,21,23). The lowest BCUT2D eigenvalue weighted by atomic mass is 10.2. The van der Waals surface area contributed by atoms with Crippen LogP contribution in [0.5, 0.6) is 5.75 Å². The minimum absolute atomic E-state index is 0.0116. The van der Waals surface area contributed by atoms with Crippen molar-refractivity contribution >= 4 is 33.2 Å². The second-order valence-corrected chi connectivity index (χ2v) is 9.57. The Hall–Kier alpha value is -2.29. The van der Waals surface area contributed by atoms with Crippen LogP contribution in [0.2, 0.25) is 0 Å². The lowest BCUT2D eigenvalue weighted by Crippen LogP contribution is -2.27. The van der Waals surface area contributed by atoms with Crippen molar-refractivity contribution in [2.24, 2.45) is 0 Å². The number of carbonyl (C=O) groups excluding carboxylic acids is 2. The van der Waals surface area contributed by atoms with E-state index in [2.05, 4.69) is 10.6 Å². The van der Waals surface area contributed by atoms with E-state index in [4.69, 9.17) is 9.47 Å². The molecule has 2 N–H and O–H groups in total. The van der Waals surface area contributed by atoms with E-state index in [1.165, 1.54) is 13.2 Å². The molecule has 0 atom stereocenters. The number of unbranched alkanes of at least 4 members (excludes halogenated alkanes) is 2. The third kappa shape index (κ3) is 9.07. The third-order valence-electron chi connectivity index (χ3n) is 3.53. The first kappa shape index (κ1) is 23.7. The summed E-state index contributed by atoms with van der Waals surface area (Å²) in [7, 11) is -2.02. The largest absolute Gasteiger partial charge is 0.495 e. The van der Waals surface area contributed by atoms with Crippen molar-refractivity contribution in [3.8, 4) is 5.75 Å². The molecule has 0 heterocycles. The topological polar surface area (TPSA) is 111 Å². The predicted octanol–water partition coefficient (Wildman–Crippen LogP) is 3.59. The molecule has 28 heavy (non-hydrogen) atoms. The molecule has 0 bridgehead atoms. The van der Waals surface area contributed by atoms with Gasteiger partial charge in [0.1, 0.15) is 17.1 Å². The number of sulfone groups is 1. The van der Waals surface area contributed by atoms with Crippen LogP contribution in [0.1, 0.15) is 47.0 Å². The fraction of sp³-hybridized carbons (Fsp3) is 0.579. The number of benzene rings is 1. The van der Waals surface area contributed by atoms with Crippen LogP contribution in [0.4, 0.5) is 16.2 Å². The molecule has 0 spiro atoms. The Kier molecular flexibility index (Phi) is 8.74. The molecule has 9 heteroatoms. The Morgan fingerprint density at radius 3 is 2.36 bits per heavy atom. The summed E-state index contributed by atoms with van der Waals surface area (Å²) in [6.45, 7) is 7.19. The monoisotopic (exact) mass is 414 g/mol. The normalized spacial score (nSPS) is 11.6. The Balaban J connectivity index is 2.81. The average Bonchev–Trinajstić information content (AvgIpc) is 2.52. The SMILES string of the molecule is CCCCCS(=O)(=O)CC(=O)Nc1ccc(OC)c(NC(=O)OC(C)(C)C)c1. The summed E-state index contributed by atoms with van der Waals surface area (Å²) in [4.78, 5) is 24.1. The number of hydrogen-bond acceptors (Lipinski definition) is 6. The number of rotatable bonds is 9. The molecule has 0 radical (unpaired) electrons. The molecule has 0 aliphatic rings. The highest BCUT2D eigenvalue weighted by molar-refractivity contribution is 7.92. The molecular weight excluding hydrogens is 384 g/mol. The zero-order valence-corrected chi connectivity index (χ0v) is 17.9. The molecule has 0 saturated heterocycles. The maximum Gasteiger partial charge on any atom is 0.412 e. The van der Waals surface area contributed by atoms with Gasteiger partial charge in [-0.1, -0.05) is 19.8 Å². The summed E-state index contributed by atoms with van der Waals surface area (Å²) >= 11 is 0. The highest BCUT2D eigenvalue weighted by atomic mass is 32.2. The zero-order valence-electron chi connectivity index (χ0n) is 17.1. The number of nitrogens with one attached hydrogen (secondary N) is 2. The van der Waals surface area contributed by atoms with Crippen molar-refractivity contribution in [1.29, 1.82) is 0 Å². The van der Waals surface area contributed by atoms with Crippen LogP contribution < -0.4 is 15.4 Å². The second kappa shape index (κ2) is 10.3. The van der Waals surface area contributed by atoms with E-state index in [0.29, 0.717) is 23.5 Å². The van der Waals surface area contributed by atoms with Gasteiger partial charge in [0.15, 0.2) is 9.84 Å². The van der Waals surface area contributed by atoms with Gasteiger partial charge in [-0.05, 0) is 45.4 Å². The van der Waals surface area contributed by atoms with Gasteiger partial charge in [-0.15, -0.1) is 0 Å². The van der Waals surface area contributed by atoms with Crippen molar-refractivity contribution < 1.29 is 27.5 Å². The first-order valence-corrected chi connectivity index (χ1v) is 11.0. The summed E-state index contributed by atoms with van der Waals surface area (Å²) in [6, 6.07) is 4.59. The van der Waals surface area contributed by atoms with Crippen LogP contribution in [0.25, 0.3) is 0 Å². The molecule has 0 saturated carbocycles. The van der Waals surface area contributed by atoms with Crippen LogP contribution in [0, 0.1) is 0 Å².